The Morgan fingerprint density at radius 3 is 2.88 bits per heavy atom. The van der Waals surface area contributed by atoms with Gasteiger partial charge in [-0.15, -0.1) is 0 Å². The van der Waals surface area contributed by atoms with Gasteiger partial charge in [-0.25, -0.2) is 4.98 Å². The van der Waals surface area contributed by atoms with E-state index >= 15 is 0 Å². The van der Waals surface area contributed by atoms with E-state index in [-0.39, 0.29) is 0 Å². The number of aryl methyl sites for hydroxylation is 1. The van der Waals surface area contributed by atoms with Crippen molar-refractivity contribution in [2.75, 3.05) is 5.32 Å². The van der Waals surface area contributed by atoms with Crippen LogP contribution in [0.3, 0.4) is 0 Å². The molecule has 2 nitrogen and oxygen atoms in total. The Morgan fingerprint density at radius 1 is 1.35 bits per heavy atom. The highest BCUT2D eigenvalue weighted by Crippen LogP contribution is 2.26. The van der Waals surface area contributed by atoms with Crippen LogP contribution in [0.1, 0.15) is 12.5 Å². The summed E-state index contributed by atoms with van der Waals surface area (Å²) in [5, 5.41) is 3.87. The zero-order chi connectivity index (χ0) is 12.3. The third-order valence-electron chi connectivity index (χ3n) is 2.41. The maximum atomic E-state index is 5.85. The molecule has 0 aliphatic heterocycles. The largest absolute Gasteiger partial charge is 0.339 e. The van der Waals surface area contributed by atoms with Gasteiger partial charge in [0.05, 0.1) is 9.50 Å². The van der Waals surface area contributed by atoms with Gasteiger partial charge in [-0.3, -0.25) is 0 Å². The highest BCUT2D eigenvalue weighted by atomic mass is 79.9. The third kappa shape index (κ3) is 3.20. The minimum atomic E-state index is 0.615. The van der Waals surface area contributed by atoms with Gasteiger partial charge in [0.1, 0.15) is 5.82 Å². The number of halogens is 2. The van der Waals surface area contributed by atoms with Gasteiger partial charge in [-0.1, -0.05) is 30.7 Å². The van der Waals surface area contributed by atoms with Crippen LogP contribution in [-0.4, -0.2) is 4.98 Å². The van der Waals surface area contributed by atoms with Gasteiger partial charge in [-0.2, -0.15) is 0 Å². The average Bonchev–Trinajstić information content (AvgIpc) is 2.33. The lowest BCUT2D eigenvalue weighted by Crippen LogP contribution is -1.95. The molecule has 0 aliphatic carbocycles. The minimum absolute atomic E-state index is 0.615. The van der Waals surface area contributed by atoms with E-state index in [9.17, 15) is 0 Å². The van der Waals surface area contributed by atoms with Crippen LogP contribution >= 0.6 is 27.5 Å². The van der Waals surface area contributed by atoms with Crippen LogP contribution < -0.4 is 5.32 Å². The van der Waals surface area contributed by atoms with Crippen molar-refractivity contribution in [1.29, 1.82) is 0 Å². The lowest BCUT2D eigenvalue weighted by molar-refractivity contribution is 1.14. The number of nitrogens with zero attached hydrogens (tertiary/aromatic N) is 1. The van der Waals surface area contributed by atoms with E-state index in [0.29, 0.717) is 5.02 Å². The van der Waals surface area contributed by atoms with Crippen LogP contribution in [0.25, 0.3) is 0 Å². The smallest absolute Gasteiger partial charge is 0.144 e. The molecular formula is C13H12BrClN2. The summed E-state index contributed by atoms with van der Waals surface area (Å²) >= 11 is 9.28. The van der Waals surface area contributed by atoms with Gasteiger partial charge in [0.25, 0.3) is 0 Å². The fraction of sp³-hybridized carbons (Fsp3) is 0.154. The van der Waals surface area contributed by atoms with E-state index in [1.165, 1.54) is 5.56 Å². The molecule has 1 aromatic heterocycles. The predicted octanol–water partition coefficient (Wildman–Crippen LogP) is 4.80. The Kier molecular flexibility index (Phi) is 4.02. The number of hydrogen-bond acceptors (Lipinski definition) is 2. The Hall–Kier alpha value is -1.06. The van der Waals surface area contributed by atoms with Crippen molar-refractivity contribution in [3.05, 3.63) is 51.6 Å². The lowest BCUT2D eigenvalue weighted by atomic mass is 10.1. The Balaban J connectivity index is 2.25. The Morgan fingerprint density at radius 2 is 2.18 bits per heavy atom. The number of rotatable bonds is 3. The summed E-state index contributed by atoms with van der Waals surface area (Å²) in [6.45, 7) is 2.13. The standard InChI is InChI=1S/C13H12BrClN2/c1-2-9-4-3-5-11(6-9)17-13-12(14)7-10(15)8-16-13/h3-8H,2H2,1H3,(H,16,17). The van der Waals surface area contributed by atoms with Crippen molar-refractivity contribution in [3.63, 3.8) is 0 Å². The van der Waals surface area contributed by atoms with Crippen molar-refractivity contribution in [3.8, 4) is 0 Å². The quantitative estimate of drug-likeness (QED) is 0.880. The minimum Gasteiger partial charge on any atom is -0.339 e. The van der Waals surface area contributed by atoms with Crippen LogP contribution in [0.4, 0.5) is 11.5 Å². The molecule has 0 amide bonds. The molecule has 0 unspecified atom stereocenters. The van der Waals surface area contributed by atoms with Gasteiger partial charge in [-0.05, 0) is 46.1 Å². The van der Waals surface area contributed by atoms with Crippen molar-refractivity contribution in [1.82, 2.24) is 4.98 Å². The molecule has 0 radical (unpaired) electrons. The zero-order valence-corrected chi connectivity index (χ0v) is 11.7. The van der Waals surface area contributed by atoms with Crippen molar-refractivity contribution in [2.24, 2.45) is 0 Å². The molecule has 0 bridgehead atoms. The summed E-state index contributed by atoms with van der Waals surface area (Å²) in [6, 6.07) is 10.1. The van der Waals surface area contributed by atoms with Crippen LogP contribution in [0.2, 0.25) is 5.02 Å². The fourth-order valence-corrected chi connectivity index (χ4v) is 2.25. The molecular weight excluding hydrogens is 300 g/mol. The van der Waals surface area contributed by atoms with E-state index in [0.717, 1.165) is 22.4 Å². The molecule has 17 heavy (non-hydrogen) atoms. The molecule has 0 spiro atoms. The average molecular weight is 312 g/mol. The van der Waals surface area contributed by atoms with E-state index in [2.05, 4.69) is 45.3 Å². The van der Waals surface area contributed by atoms with Gasteiger partial charge >= 0.3 is 0 Å². The lowest BCUT2D eigenvalue weighted by Gasteiger charge is -2.08. The normalized spacial score (nSPS) is 10.3. The van der Waals surface area contributed by atoms with E-state index in [1.807, 2.05) is 18.2 Å². The van der Waals surface area contributed by atoms with Gasteiger partial charge in [0.15, 0.2) is 0 Å². The van der Waals surface area contributed by atoms with Crippen LogP contribution in [0.15, 0.2) is 41.0 Å². The first-order valence-corrected chi connectivity index (χ1v) is 6.53. The van der Waals surface area contributed by atoms with Gasteiger partial charge in [0.2, 0.25) is 0 Å². The number of benzene rings is 1. The van der Waals surface area contributed by atoms with E-state index in [4.69, 9.17) is 11.6 Å². The molecule has 2 rings (SSSR count). The molecule has 0 saturated carbocycles. The highest BCUT2D eigenvalue weighted by molar-refractivity contribution is 9.10. The molecule has 1 heterocycles. The summed E-state index contributed by atoms with van der Waals surface area (Å²) in [6.07, 6.45) is 2.64. The predicted molar refractivity (Wildman–Crippen MR) is 76.0 cm³/mol. The molecule has 0 fully saturated rings. The summed E-state index contributed by atoms with van der Waals surface area (Å²) in [7, 11) is 0. The molecule has 88 valence electrons. The summed E-state index contributed by atoms with van der Waals surface area (Å²) < 4.78 is 0.854. The zero-order valence-electron chi connectivity index (χ0n) is 9.37. The number of pyridine rings is 1. The SMILES string of the molecule is CCc1cccc(Nc2ncc(Cl)cc2Br)c1. The third-order valence-corrected chi connectivity index (χ3v) is 3.22. The molecule has 4 heteroatoms. The van der Waals surface area contributed by atoms with Crippen molar-refractivity contribution >= 4 is 39.0 Å². The number of aromatic nitrogens is 1. The monoisotopic (exact) mass is 310 g/mol. The molecule has 2 aromatic rings. The van der Waals surface area contributed by atoms with Crippen LogP contribution in [0.5, 0.6) is 0 Å². The first-order valence-electron chi connectivity index (χ1n) is 5.36. The first kappa shape index (κ1) is 12.4. The Bertz CT molecular complexity index is 529. The molecule has 0 atom stereocenters. The number of hydrogen-bond donors (Lipinski definition) is 1. The Labute approximate surface area is 114 Å². The van der Waals surface area contributed by atoms with E-state index < -0.39 is 0 Å². The highest BCUT2D eigenvalue weighted by Gasteiger charge is 2.03. The molecule has 1 N–H and O–H groups in total. The van der Waals surface area contributed by atoms with Crippen molar-refractivity contribution in [2.45, 2.75) is 13.3 Å². The second-order valence-electron chi connectivity index (χ2n) is 3.66. The molecule has 0 saturated heterocycles. The number of anilines is 2. The van der Waals surface area contributed by atoms with Crippen LogP contribution in [-0.2, 0) is 6.42 Å². The van der Waals surface area contributed by atoms with E-state index in [1.54, 1.807) is 6.20 Å². The summed E-state index contributed by atoms with van der Waals surface area (Å²) in [5.74, 6) is 0.766. The maximum absolute atomic E-state index is 5.85. The molecule has 1 aromatic carbocycles. The first-order chi connectivity index (χ1) is 8.19. The summed E-state index contributed by atoms with van der Waals surface area (Å²) in [5.41, 5.74) is 2.32. The fourth-order valence-electron chi connectivity index (χ4n) is 1.51. The van der Waals surface area contributed by atoms with Gasteiger partial charge < -0.3 is 5.32 Å². The topological polar surface area (TPSA) is 24.9 Å². The summed E-state index contributed by atoms with van der Waals surface area (Å²) in [4.78, 5) is 4.24. The number of nitrogens with one attached hydrogen (secondary N) is 1. The van der Waals surface area contributed by atoms with Crippen molar-refractivity contribution < 1.29 is 0 Å². The van der Waals surface area contributed by atoms with Crippen LogP contribution in [0, 0.1) is 0 Å². The second kappa shape index (κ2) is 5.52. The second-order valence-corrected chi connectivity index (χ2v) is 4.95. The van der Waals surface area contributed by atoms with Gasteiger partial charge in [0, 0.05) is 11.9 Å². The maximum Gasteiger partial charge on any atom is 0.144 e. The molecule has 0 aliphatic rings.